The number of rotatable bonds is 6. The van der Waals surface area contributed by atoms with Crippen molar-refractivity contribution < 1.29 is 19.1 Å². The minimum atomic E-state index is -0.519. The predicted octanol–water partition coefficient (Wildman–Crippen LogP) is 2.73. The van der Waals surface area contributed by atoms with E-state index < -0.39 is 5.97 Å². The van der Waals surface area contributed by atoms with Crippen LogP contribution in [-0.2, 0) is 19.1 Å². The molecule has 0 bridgehead atoms. The van der Waals surface area contributed by atoms with Gasteiger partial charge < -0.3 is 10.1 Å². The fourth-order valence-corrected chi connectivity index (χ4v) is 3.21. The van der Waals surface area contributed by atoms with Gasteiger partial charge in [0.15, 0.2) is 0 Å². The summed E-state index contributed by atoms with van der Waals surface area (Å²) >= 11 is 1.22. The van der Waals surface area contributed by atoms with Crippen LogP contribution in [0.1, 0.15) is 32.3 Å². The maximum absolute atomic E-state index is 12.2. The highest BCUT2D eigenvalue weighted by Gasteiger charge is 2.29. The van der Waals surface area contributed by atoms with E-state index in [0.29, 0.717) is 16.6 Å². The van der Waals surface area contributed by atoms with E-state index in [-0.39, 0.29) is 30.7 Å². The van der Waals surface area contributed by atoms with Crippen LogP contribution in [0.2, 0.25) is 0 Å². The molecule has 2 amide bonds. The molecule has 1 N–H and O–H groups in total. The number of carbonyl (C=O) groups excluding carboxylic acids is 3. The van der Waals surface area contributed by atoms with Crippen LogP contribution >= 0.6 is 11.8 Å². The smallest absolute Gasteiger partial charge is 0.333 e. The van der Waals surface area contributed by atoms with Gasteiger partial charge in [-0.25, -0.2) is 4.79 Å². The molecule has 1 fully saturated rings. The molecule has 1 aromatic carbocycles. The number of anilines is 1. The van der Waals surface area contributed by atoms with E-state index in [4.69, 9.17) is 4.74 Å². The van der Waals surface area contributed by atoms with E-state index in [1.165, 1.54) is 28.3 Å². The van der Waals surface area contributed by atoms with Gasteiger partial charge in [-0.2, -0.15) is 0 Å². The van der Waals surface area contributed by atoms with Crippen molar-refractivity contribution in [3.63, 3.8) is 0 Å². The van der Waals surface area contributed by atoms with E-state index in [1.807, 2.05) is 24.3 Å². The molecule has 0 radical (unpaired) electrons. The Balaban J connectivity index is 2.00. The van der Waals surface area contributed by atoms with Crippen LogP contribution in [0.25, 0.3) is 0 Å². The Morgan fingerprint density at radius 3 is 2.60 bits per heavy atom. The van der Waals surface area contributed by atoms with Crippen molar-refractivity contribution in [2.24, 2.45) is 0 Å². The third-order valence-electron chi connectivity index (χ3n) is 3.60. The molecule has 0 saturated carbocycles. The third-order valence-corrected chi connectivity index (χ3v) is 4.63. The number of nitrogens with zero attached hydrogens (tertiary/aromatic N) is 1. The van der Waals surface area contributed by atoms with Gasteiger partial charge in [-0.3, -0.25) is 14.5 Å². The molecule has 1 saturated heterocycles. The van der Waals surface area contributed by atoms with Gasteiger partial charge in [0.25, 0.3) is 0 Å². The second-order valence-electron chi connectivity index (χ2n) is 5.83. The highest BCUT2D eigenvalue weighted by molar-refractivity contribution is 8.04. The van der Waals surface area contributed by atoms with Gasteiger partial charge >= 0.3 is 5.97 Å². The highest BCUT2D eigenvalue weighted by atomic mass is 32.2. The summed E-state index contributed by atoms with van der Waals surface area (Å²) in [5.41, 5.74) is 1.85. The quantitative estimate of drug-likeness (QED) is 0.622. The SMILES string of the molecule is CCOC(=O)/C=C1\SCC(=O)N1CC(=O)Nc1ccc(C(C)C)cc1. The van der Waals surface area contributed by atoms with Gasteiger partial charge in [0.2, 0.25) is 11.8 Å². The van der Waals surface area contributed by atoms with Crippen molar-refractivity contribution in [2.75, 3.05) is 24.2 Å². The van der Waals surface area contributed by atoms with E-state index in [9.17, 15) is 14.4 Å². The second-order valence-corrected chi connectivity index (χ2v) is 6.82. The highest BCUT2D eigenvalue weighted by Crippen LogP contribution is 2.28. The fraction of sp³-hybridized carbons (Fsp3) is 0.389. The lowest BCUT2D eigenvalue weighted by Gasteiger charge is -2.16. The summed E-state index contributed by atoms with van der Waals surface area (Å²) in [6.45, 7) is 6.03. The Hall–Kier alpha value is -2.28. The zero-order valence-electron chi connectivity index (χ0n) is 14.6. The molecule has 25 heavy (non-hydrogen) atoms. The van der Waals surface area contributed by atoms with Crippen molar-refractivity contribution in [3.8, 4) is 0 Å². The molecule has 2 rings (SSSR count). The molecular weight excluding hydrogens is 340 g/mol. The van der Waals surface area contributed by atoms with Crippen molar-refractivity contribution in [1.82, 2.24) is 4.90 Å². The number of hydrogen-bond acceptors (Lipinski definition) is 5. The monoisotopic (exact) mass is 362 g/mol. The molecule has 0 spiro atoms. The number of esters is 1. The largest absolute Gasteiger partial charge is 0.463 e. The number of nitrogens with one attached hydrogen (secondary N) is 1. The van der Waals surface area contributed by atoms with Crippen LogP contribution in [0.5, 0.6) is 0 Å². The van der Waals surface area contributed by atoms with E-state index in [1.54, 1.807) is 6.92 Å². The van der Waals surface area contributed by atoms with E-state index >= 15 is 0 Å². The van der Waals surface area contributed by atoms with Gasteiger partial charge in [0.05, 0.1) is 23.5 Å². The first kappa shape index (κ1) is 19.1. The Bertz CT molecular complexity index is 683. The molecule has 1 aliphatic rings. The van der Waals surface area contributed by atoms with E-state index in [0.717, 1.165) is 0 Å². The van der Waals surface area contributed by atoms with Crippen LogP contribution < -0.4 is 5.32 Å². The molecule has 1 aliphatic heterocycles. The number of thioether (sulfide) groups is 1. The maximum Gasteiger partial charge on any atom is 0.333 e. The van der Waals surface area contributed by atoms with E-state index in [2.05, 4.69) is 19.2 Å². The topological polar surface area (TPSA) is 75.7 Å². The zero-order chi connectivity index (χ0) is 18.4. The molecule has 1 heterocycles. The lowest BCUT2D eigenvalue weighted by atomic mass is 10.0. The lowest BCUT2D eigenvalue weighted by Crippen LogP contribution is -2.34. The fourth-order valence-electron chi connectivity index (χ4n) is 2.28. The summed E-state index contributed by atoms with van der Waals surface area (Å²) in [7, 11) is 0. The van der Waals surface area contributed by atoms with Gasteiger partial charge in [0, 0.05) is 5.69 Å². The first-order chi connectivity index (χ1) is 11.9. The summed E-state index contributed by atoms with van der Waals surface area (Å²) in [5.74, 6) is -0.413. The normalized spacial score (nSPS) is 15.8. The summed E-state index contributed by atoms with van der Waals surface area (Å²) in [4.78, 5) is 37.1. The standard InChI is InChI=1S/C18H22N2O4S/c1-4-24-18(23)9-17-20(16(22)11-25-17)10-15(21)19-14-7-5-13(6-8-14)12(2)3/h5-9,12H,4,10-11H2,1-3H3,(H,19,21)/b17-9-. The second kappa shape index (κ2) is 8.71. The van der Waals surface area contributed by atoms with Gasteiger partial charge in [-0.05, 0) is 30.5 Å². The van der Waals surface area contributed by atoms with Crippen LogP contribution in [0, 0.1) is 0 Å². The molecule has 134 valence electrons. The van der Waals surface area contributed by atoms with Crippen molar-refractivity contribution in [2.45, 2.75) is 26.7 Å². The molecular formula is C18H22N2O4S. The molecule has 6 nitrogen and oxygen atoms in total. The average Bonchev–Trinajstić information content (AvgIpc) is 2.88. The van der Waals surface area contributed by atoms with Crippen LogP contribution in [0.3, 0.4) is 0 Å². The Kier molecular flexibility index (Phi) is 6.64. The number of carbonyl (C=O) groups is 3. The summed E-state index contributed by atoms with van der Waals surface area (Å²) in [6.07, 6.45) is 1.25. The van der Waals surface area contributed by atoms with Gasteiger partial charge in [-0.15, -0.1) is 0 Å². The third kappa shape index (κ3) is 5.35. The first-order valence-electron chi connectivity index (χ1n) is 8.12. The lowest BCUT2D eigenvalue weighted by molar-refractivity contribution is -0.137. The Labute approximate surface area is 151 Å². The number of benzene rings is 1. The van der Waals surface area contributed by atoms with Crippen molar-refractivity contribution in [1.29, 1.82) is 0 Å². The Morgan fingerprint density at radius 1 is 1.32 bits per heavy atom. The maximum atomic E-state index is 12.2. The number of ether oxygens (including phenoxy) is 1. The molecule has 0 unspecified atom stereocenters. The molecule has 0 aliphatic carbocycles. The first-order valence-corrected chi connectivity index (χ1v) is 9.10. The van der Waals surface area contributed by atoms with Gasteiger partial charge in [-0.1, -0.05) is 37.7 Å². The summed E-state index contributed by atoms with van der Waals surface area (Å²) in [6, 6.07) is 7.60. The van der Waals surface area contributed by atoms with Crippen molar-refractivity contribution >= 4 is 35.2 Å². The molecule has 7 heteroatoms. The Morgan fingerprint density at radius 2 is 2.00 bits per heavy atom. The van der Waals surface area contributed by atoms with Crippen molar-refractivity contribution in [3.05, 3.63) is 40.9 Å². The summed E-state index contributed by atoms with van der Waals surface area (Å²) < 4.78 is 4.85. The average molecular weight is 362 g/mol. The number of hydrogen-bond donors (Lipinski definition) is 1. The van der Waals surface area contributed by atoms with Gasteiger partial charge in [0.1, 0.15) is 6.54 Å². The molecule has 0 aromatic heterocycles. The summed E-state index contributed by atoms with van der Waals surface area (Å²) in [5, 5.41) is 3.21. The van der Waals surface area contributed by atoms with Crippen LogP contribution in [0.4, 0.5) is 5.69 Å². The molecule has 1 aromatic rings. The number of amides is 2. The van der Waals surface area contributed by atoms with Crippen LogP contribution in [-0.4, -0.2) is 41.6 Å². The minimum Gasteiger partial charge on any atom is -0.463 e. The molecule has 0 atom stereocenters. The minimum absolute atomic E-state index is 0.136. The van der Waals surface area contributed by atoms with Crippen LogP contribution in [0.15, 0.2) is 35.4 Å². The zero-order valence-corrected chi connectivity index (χ0v) is 15.4. The predicted molar refractivity (Wildman–Crippen MR) is 98.0 cm³/mol.